The minimum Gasteiger partial charge on any atom is -0.481 e. The molecule has 1 heterocycles. The molecular formula is C31H30F3N3O5. The second-order valence-corrected chi connectivity index (χ2v) is 11.1. The fraction of sp³-hybridized carbons (Fsp3) is 0.290. The van der Waals surface area contributed by atoms with Gasteiger partial charge >= 0.3 is 5.97 Å². The van der Waals surface area contributed by atoms with E-state index >= 15 is 0 Å². The number of hydrogen-bond donors (Lipinski definition) is 2. The molecule has 0 aliphatic carbocycles. The third-order valence-electron chi connectivity index (χ3n) is 7.00. The lowest BCUT2D eigenvalue weighted by atomic mass is 9.86. The molecule has 1 aliphatic heterocycles. The zero-order valence-corrected chi connectivity index (χ0v) is 23.2. The highest BCUT2D eigenvalue weighted by molar-refractivity contribution is 6.02. The molecule has 0 spiro atoms. The van der Waals surface area contributed by atoms with Gasteiger partial charge in [-0.15, -0.1) is 0 Å². The number of nitrogens with one attached hydrogen (secondary N) is 1. The van der Waals surface area contributed by atoms with Gasteiger partial charge in [-0.1, -0.05) is 45.0 Å². The van der Waals surface area contributed by atoms with Crippen molar-refractivity contribution in [3.8, 4) is 0 Å². The predicted octanol–water partition coefficient (Wildman–Crippen LogP) is 4.66. The molecule has 2 unspecified atom stereocenters. The SMILES string of the molecule is CC(C)(C)c1ccc(C(=O)N2CCN(C(=O)c3cc(F)cc(F)c3)C2C(=O)NC(CC(=O)O)c2ccc(F)cc2)cc1. The first kappa shape index (κ1) is 30.3. The van der Waals surface area contributed by atoms with E-state index in [1.165, 1.54) is 12.1 Å². The highest BCUT2D eigenvalue weighted by atomic mass is 19.1. The average molecular weight is 582 g/mol. The number of rotatable bonds is 7. The molecule has 3 aromatic rings. The summed E-state index contributed by atoms with van der Waals surface area (Å²) in [5, 5.41) is 12.0. The van der Waals surface area contributed by atoms with Crippen molar-refractivity contribution >= 4 is 23.7 Å². The predicted molar refractivity (Wildman–Crippen MR) is 147 cm³/mol. The topological polar surface area (TPSA) is 107 Å². The molecular weight excluding hydrogens is 551 g/mol. The summed E-state index contributed by atoms with van der Waals surface area (Å²) >= 11 is 0. The quantitative estimate of drug-likeness (QED) is 0.422. The van der Waals surface area contributed by atoms with Crippen molar-refractivity contribution in [2.24, 2.45) is 0 Å². The van der Waals surface area contributed by atoms with Gasteiger partial charge in [-0.05, 0) is 52.9 Å². The highest BCUT2D eigenvalue weighted by Crippen LogP contribution is 2.26. The Morgan fingerprint density at radius 1 is 0.810 bits per heavy atom. The summed E-state index contributed by atoms with van der Waals surface area (Å²) in [6, 6.07) is 12.7. The van der Waals surface area contributed by atoms with Crippen molar-refractivity contribution in [2.75, 3.05) is 13.1 Å². The maximum absolute atomic E-state index is 13.9. The number of benzene rings is 3. The Balaban J connectivity index is 1.70. The van der Waals surface area contributed by atoms with Crippen LogP contribution < -0.4 is 5.32 Å². The molecule has 0 radical (unpaired) electrons. The van der Waals surface area contributed by atoms with Gasteiger partial charge in [0.25, 0.3) is 17.7 Å². The first-order chi connectivity index (χ1) is 19.7. The van der Waals surface area contributed by atoms with Crippen LogP contribution in [0.5, 0.6) is 0 Å². The maximum atomic E-state index is 13.9. The van der Waals surface area contributed by atoms with E-state index in [2.05, 4.69) is 5.32 Å². The van der Waals surface area contributed by atoms with Crippen LogP contribution in [0.15, 0.2) is 66.7 Å². The fourth-order valence-corrected chi connectivity index (χ4v) is 4.83. The first-order valence-corrected chi connectivity index (χ1v) is 13.2. The van der Waals surface area contributed by atoms with Crippen LogP contribution in [-0.4, -0.2) is 57.9 Å². The van der Waals surface area contributed by atoms with Crippen LogP contribution >= 0.6 is 0 Å². The second kappa shape index (κ2) is 12.1. The third-order valence-corrected chi connectivity index (χ3v) is 7.00. The summed E-state index contributed by atoms with van der Waals surface area (Å²) in [4.78, 5) is 54.6. The number of carbonyl (C=O) groups excluding carboxylic acids is 3. The Morgan fingerprint density at radius 3 is 1.83 bits per heavy atom. The molecule has 0 aromatic heterocycles. The molecule has 1 aliphatic rings. The number of carbonyl (C=O) groups is 4. The lowest BCUT2D eigenvalue weighted by Gasteiger charge is -2.31. The molecule has 2 N–H and O–H groups in total. The Hall–Kier alpha value is -4.67. The zero-order valence-electron chi connectivity index (χ0n) is 23.2. The van der Waals surface area contributed by atoms with E-state index in [4.69, 9.17) is 0 Å². The number of nitrogens with zero attached hydrogens (tertiary/aromatic N) is 2. The second-order valence-electron chi connectivity index (χ2n) is 11.1. The van der Waals surface area contributed by atoms with Gasteiger partial charge in [0.1, 0.15) is 17.5 Å². The number of halogens is 3. The van der Waals surface area contributed by atoms with Crippen molar-refractivity contribution in [1.82, 2.24) is 15.1 Å². The summed E-state index contributed by atoms with van der Waals surface area (Å²) in [6.07, 6.45) is -2.15. The Morgan fingerprint density at radius 2 is 1.33 bits per heavy atom. The molecule has 11 heteroatoms. The molecule has 1 saturated heterocycles. The smallest absolute Gasteiger partial charge is 0.305 e. The lowest BCUT2D eigenvalue weighted by Crippen LogP contribution is -2.54. The first-order valence-electron chi connectivity index (χ1n) is 13.2. The van der Waals surface area contributed by atoms with E-state index in [1.807, 2.05) is 20.8 Å². The van der Waals surface area contributed by atoms with E-state index in [-0.39, 0.29) is 35.2 Å². The summed E-state index contributed by atoms with van der Waals surface area (Å²) in [6.45, 7) is 5.82. The number of amides is 3. The van der Waals surface area contributed by atoms with Crippen molar-refractivity contribution in [2.45, 2.75) is 44.8 Å². The van der Waals surface area contributed by atoms with Crippen molar-refractivity contribution < 1.29 is 37.5 Å². The average Bonchev–Trinajstić information content (AvgIpc) is 3.36. The van der Waals surface area contributed by atoms with Crippen LogP contribution in [0.25, 0.3) is 0 Å². The molecule has 0 saturated carbocycles. The summed E-state index contributed by atoms with van der Waals surface area (Å²) < 4.78 is 41.4. The van der Waals surface area contributed by atoms with Gasteiger partial charge in [-0.2, -0.15) is 0 Å². The monoisotopic (exact) mass is 581 g/mol. The summed E-state index contributed by atoms with van der Waals surface area (Å²) in [5.41, 5.74) is 0.948. The number of aliphatic carboxylic acids is 1. The van der Waals surface area contributed by atoms with Crippen LogP contribution in [0.3, 0.4) is 0 Å². The van der Waals surface area contributed by atoms with Crippen molar-refractivity contribution in [3.63, 3.8) is 0 Å². The van der Waals surface area contributed by atoms with Crippen LogP contribution in [0.2, 0.25) is 0 Å². The van der Waals surface area contributed by atoms with Crippen LogP contribution in [-0.2, 0) is 15.0 Å². The Kier molecular flexibility index (Phi) is 8.70. The molecule has 220 valence electrons. The van der Waals surface area contributed by atoms with Gasteiger partial charge in [0, 0.05) is 30.3 Å². The maximum Gasteiger partial charge on any atom is 0.305 e. The van der Waals surface area contributed by atoms with E-state index < -0.39 is 59.8 Å². The number of hydrogen-bond acceptors (Lipinski definition) is 4. The van der Waals surface area contributed by atoms with Gasteiger partial charge in [0.05, 0.1) is 12.5 Å². The standard InChI is InChI=1S/C31H30F3N3O5/c1-31(2,3)21-8-4-19(5-9-21)29(41)36-12-13-37(30(42)20-14-23(33)16-24(34)15-20)28(36)27(40)35-25(17-26(38)39)18-6-10-22(32)11-7-18/h4-11,14-16,25,28H,12-13,17H2,1-3H3,(H,35,40)(H,38,39). The third kappa shape index (κ3) is 6.79. The highest BCUT2D eigenvalue weighted by Gasteiger charge is 2.44. The molecule has 3 aromatic carbocycles. The van der Waals surface area contributed by atoms with Crippen LogP contribution in [0, 0.1) is 17.5 Å². The van der Waals surface area contributed by atoms with Crippen molar-refractivity contribution in [1.29, 1.82) is 0 Å². The largest absolute Gasteiger partial charge is 0.481 e. The lowest BCUT2D eigenvalue weighted by molar-refractivity contribution is -0.138. The van der Waals surface area contributed by atoms with Crippen LogP contribution in [0.1, 0.15) is 65.1 Å². The molecule has 2 atom stereocenters. The minimum absolute atomic E-state index is 0.0817. The van der Waals surface area contributed by atoms with Crippen molar-refractivity contribution in [3.05, 3.63) is 106 Å². The fourth-order valence-electron chi connectivity index (χ4n) is 4.83. The van der Waals surface area contributed by atoms with E-state index in [0.717, 1.165) is 39.6 Å². The number of carboxylic acids is 1. The van der Waals surface area contributed by atoms with Gasteiger partial charge in [-0.25, -0.2) is 13.2 Å². The summed E-state index contributed by atoms with van der Waals surface area (Å²) in [5.74, 6) is -6.19. The Labute approximate surface area is 240 Å². The molecule has 4 rings (SSSR count). The normalized spacial score (nSPS) is 15.8. The number of carboxylic acid groups (broad SMARTS) is 1. The molecule has 0 bridgehead atoms. The van der Waals surface area contributed by atoms with E-state index in [0.29, 0.717) is 6.07 Å². The molecule has 3 amide bonds. The molecule has 42 heavy (non-hydrogen) atoms. The van der Waals surface area contributed by atoms with Gasteiger partial charge in [0.2, 0.25) is 0 Å². The molecule has 8 nitrogen and oxygen atoms in total. The van der Waals surface area contributed by atoms with E-state index in [1.54, 1.807) is 24.3 Å². The van der Waals surface area contributed by atoms with Gasteiger partial charge < -0.3 is 20.2 Å². The zero-order chi connectivity index (χ0) is 30.8. The molecule has 1 fully saturated rings. The van der Waals surface area contributed by atoms with E-state index in [9.17, 15) is 37.5 Å². The van der Waals surface area contributed by atoms with Crippen LogP contribution in [0.4, 0.5) is 13.2 Å². The van der Waals surface area contributed by atoms with Gasteiger partial charge in [-0.3, -0.25) is 19.2 Å². The minimum atomic E-state index is -1.57. The summed E-state index contributed by atoms with van der Waals surface area (Å²) in [7, 11) is 0. The van der Waals surface area contributed by atoms with Gasteiger partial charge in [0.15, 0.2) is 6.17 Å². The Bertz CT molecular complexity index is 1480.